The van der Waals surface area contributed by atoms with Gasteiger partial charge in [-0.1, -0.05) is 6.92 Å². The van der Waals surface area contributed by atoms with Gasteiger partial charge in [-0.25, -0.2) is 4.57 Å². The molecule has 3 atom stereocenters. The van der Waals surface area contributed by atoms with Crippen molar-refractivity contribution in [1.29, 1.82) is 0 Å². The van der Waals surface area contributed by atoms with Crippen molar-refractivity contribution in [2.24, 2.45) is 5.73 Å². The predicted molar refractivity (Wildman–Crippen MR) is 64.6 cm³/mol. The Balaban J connectivity index is 3.99. The molecule has 0 fully saturated rings. The molecule has 0 saturated carbocycles. The van der Waals surface area contributed by atoms with Crippen LogP contribution in [-0.4, -0.2) is 59.0 Å². The van der Waals surface area contributed by atoms with Crippen LogP contribution in [0, 0.1) is 0 Å². The molecule has 118 valence electrons. The lowest BCUT2D eigenvalue weighted by Gasteiger charge is -2.16. The van der Waals surface area contributed by atoms with Gasteiger partial charge in [0, 0.05) is 6.42 Å². The molecule has 3 unspecified atom stereocenters. The standard InChI is InChI=1S/C9H18NO9P/c1-2-8(12)17-3-6(11)4-18-20(15,16)19-5-7(10)9(13)14/h6-7,11H,2-5,10H2,1H3,(H,13,14)(H,15,16). The van der Waals surface area contributed by atoms with Crippen molar-refractivity contribution in [3.8, 4) is 0 Å². The highest BCUT2D eigenvalue weighted by molar-refractivity contribution is 7.47. The number of phosphoric acid groups is 1. The molecule has 0 rings (SSSR count). The van der Waals surface area contributed by atoms with Crippen LogP contribution in [0.1, 0.15) is 13.3 Å². The van der Waals surface area contributed by atoms with Gasteiger partial charge in [-0.2, -0.15) is 0 Å². The Morgan fingerprint density at radius 3 is 2.30 bits per heavy atom. The molecule has 20 heavy (non-hydrogen) atoms. The van der Waals surface area contributed by atoms with Gasteiger partial charge in [0.2, 0.25) is 0 Å². The fraction of sp³-hybridized carbons (Fsp3) is 0.778. The number of hydrogen-bond donors (Lipinski definition) is 4. The number of carboxylic acids is 1. The molecule has 0 radical (unpaired) electrons. The van der Waals surface area contributed by atoms with Gasteiger partial charge in [0.25, 0.3) is 0 Å². The number of hydrogen-bond acceptors (Lipinski definition) is 8. The van der Waals surface area contributed by atoms with E-state index in [-0.39, 0.29) is 6.42 Å². The van der Waals surface area contributed by atoms with E-state index in [2.05, 4.69) is 13.8 Å². The molecule has 5 N–H and O–H groups in total. The molecule has 0 heterocycles. The highest BCUT2D eigenvalue weighted by atomic mass is 31.2. The number of esters is 1. The summed E-state index contributed by atoms with van der Waals surface area (Å²) in [7, 11) is -4.54. The first-order chi connectivity index (χ1) is 9.18. The van der Waals surface area contributed by atoms with Gasteiger partial charge in [-0.3, -0.25) is 18.6 Å². The normalized spacial score (nSPS) is 17.0. The lowest BCUT2D eigenvalue weighted by Crippen LogP contribution is -2.34. The second-order valence-electron chi connectivity index (χ2n) is 3.70. The lowest BCUT2D eigenvalue weighted by atomic mass is 10.3. The van der Waals surface area contributed by atoms with Crippen LogP contribution in [0.3, 0.4) is 0 Å². The summed E-state index contributed by atoms with van der Waals surface area (Å²) in [4.78, 5) is 30.3. The number of carboxylic acid groups (broad SMARTS) is 1. The summed E-state index contributed by atoms with van der Waals surface area (Å²) in [6.45, 7) is -0.203. The van der Waals surface area contributed by atoms with Crippen molar-refractivity contribution in [2.45, 2.75) is 25.5 Å². The zero-order valence-corrected chi connectivity index (χ0v) is 11.7. The van der Waals surface area contributed by atoms with Crippen LogP contribution in [0.5, 0.6) is 0 Å². The first-order valence-electron chi connectivity index (χ1n) is 5.62. The van der Waals surface area contributed by atoms with Crippen LogP contribution in [0.4, 0.5) is 0 Å². The van der Waals surface area contributed by atoms with E-state index in [4.69, 9.17) is 15.7 Å². The van der Waals surface area contributed by atoms with Crippen LogP contribution in [0.15, 0.2) is 0 Å². The SMILES string of the molecule is CCC(=O)OCC(O)COP(=O)(O)OCC(N)C(=O)O. The number of phosphoric ester groups is 1. The van der Waals surface area contributed by atoms with Gasteiger partial charge in [0.15, 0.2) is 0 Å². The van der Waals surface area contributed by atoms with Gasteiger partial charge in [-0.05, 0) is 0 Å². The third kappa shape index (κ3) is 8.97. The molecule has 0 bridgehead atoms. The molecule has 0 aromatic carbocycles. The van der Waals surface area contributed by atoms with Crippen molar-refractivity contribution >= 4 is 19.8 Å². The van der Waals surface area contributed by atoms with Crippen molar-refractivity contribution in [1.82, 2.24) is 0 Å². The third-order valence-corrected chi connectivity index (χ3v) is 2.84. The smallest absolute Gasteiger partial charge is 0.472 e. The van der Waals surface area contributed by atoms with Crippen LogP contribution in [0.25, 0.3) is 0 Å². The highest BCUT2D eigenvalue weighted by Gasteiger charge is 2.25. The summed E-state index contributed by atoms with van der Waals surface area (Å²) in [5, 5.41) is 17.8. The maximum absolute atomic E-state index is 11.3. The molecule has 0 aliphatic rings. The molecule has 0 spiro atoms. The Hall–Kier alpha value is -1.03. The molecule has 10 nitrogen and oxygen atoms in total. The lowest BCUT2D eigenvalue weighted by molar-refractivity contribution is -0.146. The Morgan fingerprint density at radius 2 is 1.80 bits per heavy atom. The van der Waals surface area contributed by atoms with E-state index < -0.39 is 51.7 Å². The van der Waals surface area contributed by atoms with E-state index >= 15 is 0 Å². The topological polar surface area (TPSA) is 166 Å². The third-order valence-electron chi connectivity index (χ3n) is 1.89. The number of carbonyl (C=O) groups excluding carboxylic acids is 1. The number of nitrogens with two attached hydrogens (primary N) is 1. The summed E-state index contributed by atoms with van der Waals surface area (Å²) in [6.07, 6.45) is -1.19. The minimum absolute atomic E-state index is 0.127. The van der Waals surface area contributed by atoms with Crippen LogP contribution >= 0.6 is 7.82 Å². The van der Waals surface area contributed by atoms with Crippen molar-refractivity contribution in [2.75, 3.05) is 19.8 Å². The van der Waals surface area contributed by atoms with Crippen molar-refractivity contribution in [3.05, 3.63) is 0 Å². The number of rotatable bonds is 10. The average Bonchev–Trinajstić information content (AvgIpc) is 2.39. The molecule has 0 amide bonds. The minimum Gasteiger partial charge on any atom is -0.480 e. The fourth-order valence-corrected chi connectivity index (χ4v) is 1.59. The summed E-state index contributed by atoms with van der Waals surface area (Å²) >= 11 is 0. The number of aliphatic hydroxyl groups excluding tert-OH is 1. The molecule has 11 heteroatoms. The zero-order chi connectivity index (χ0) is 15.8. The van der Waals surface area contributed by atoms with E-state index in [9.17, 15) is 19.3 Å². The molecule has 0 aromatic heterocycles. The van der Waals surface area contributed by atoms with Crippen molar-refractivity contribution in [3.63, 3.8) is 0 Å². The molecular formula is C9H18NO9P. The summed E-state index contributed by atoms with van der Waals surface area (Å²) in [5.41, 5.74) is 5.06. The summed E-state index contributed by atoms with van der Waals surface area (Å²) in [6, 6.07) is -1.48. The van der Waals surface area contributed by atoms with Crippen LogP contribution < -0.4 is 5.73 Å². The Kier molecular flexibility index (Phi) is 8.54. The first kappa shape index (κ1) is 19.0. The van der Waals surface area contributed by atoms with E-state index in [1.807, 2.05) is 0 Å². The number of carbonyl (C=O) groups is 2. The molecular weight excluding hydrogens is 297 g/mol. The van der Waals surface area contributed by atoms with Gasteiger partial charge in [-0.15, -0.1) is 0 Å². The van der Waals surface area contributed by atoms with Gasteiger partial charge >= 0.3 is 19.8 Å². The largest absolute Gasteiger partial charge is 0.480 e. The number of ether oxygens (including phenoxy) is 1. The van der Waals surface area contributed by atoms with E-state index in [1.165, 1.54) is 0 Å². The highest BCUT2D eigenvalue weighted by Crippen LogP contribution is 2.43. The van der Waals surface area contributed by atoms with E-state index in [0.29, 0.717) is 0 Å². The monoisotopic (exact) mass is 315 g/mol. The summed E-state index contributed by atoms with van der Waals surface area (Å²) < 4.78 is 24.6. The van der Waals surface area contributed by atoms with E-state index in [0.717, 1.165) is 0 Å². The second-order valence-corrected chi connectivity index (χ2v) is 5.15. The van der Waals surface area contributed by atoms with Crippen molar-refractivity contribution < 1.29 is 43.0 Å². The maximum atomic E-state index is 11.3. The zero-order valence-electron chi connectivity index (χ0n) is 10.8. The van der Waals surface area contributed by atoms with Crippen LogP contribution in [0.2, 0.25) is 0 Å². The maximum Gasteiger partial charge on any atom is 0.472 e. The molecule has 0 saturated heterocycles. The first-order valence-corrected chi connectivity index (χ1v) is 7.11. The number of aliphatic carboxylic acids is 1. The predicted octanol–water partition coefficient (Wildman–Crippen LogP) is -1.15. The number of aliphatic hydroxyl groups is 1. The molecule has 0 aliphatic carbocycles. The Bertz CT molecular complexity index is 374. The minimum atomic E-state index is -4.54. The van der Waals surface area contributed by atoms with Gasteiger partial charge in [0.05, 0.1) is 13.2 Å². The molecule has 0 aromatic rings. The quantitative estimate of drug-likeness (QED) is 0.285. The Labute approximate surface area is 115 Å². The fourth-order valence-electron chi connectivity index (χ4n) is 0.803. The molecule has 0 aliphatic heterocycles. The van der Waals surface area contributed by atoms with Gasteiger partial charge < -0.3 is 25.6 Å². The summed E-state index contributed by atoms with van der Waals surface area (Å²) in [5.74, 6) is -1.95. The van der Waals surface area contributed by atoms with E-state index in [1.54, 1.807) is 6.92 Å². The Morgan fingerprint density at radius 1 is 1.25 bits per heavy atom. The van der Waals surface area contributed by atoms with Gasteiger partial charge in [0.1, 0.15) is 18.8 Å². The average molecular weight is 315 g/mol. The van der Waals surface area contributed by atoms with Crippen LogP contribution in [-0.2, 0) is 27.9 Å². The second kappa shape index (κ2) is 9.01.